The molecule has 0 saturated heterocycles. The van der Waals surface area contributed by atoms with E-state index in [1.807, 2.05) is 60.7 Å². The van der Waals surface area contributed by atoms with E-state index in [1.54, 1.807) is 0 Å². The van der Waals surface area contributed by atoms with E-state index in [4.69, 9.17) is 19.7 Å². The van der Waals surface area contributed by atoms with E-state index in [2.05, 4.69) is 115 Å². The molecule has 238 valence electrons. The molecule has 4 nitrogen and oxygen atoms in total. The van der Waals surface area contributed by atoms with Crippen LogP contribution in [0.5, 0.6) is 11.5 Å². The van der Waals surface area contributed by atoms with Crippen LogP contribution in [0.15, 0.2) is 176 Å². The third kappa shape index (κ3) is 5.22. The third-order valence-corrected chi connectivity index (χ3v) is 9.66. The van der Waals surface area contributed by atoms with E-state index in [1.165, 1.54) is 21.7 Å². The lowest BCUT2D eigenvalue weighted by atomic mass is 9.91. The normalized spacial score (nSPS) is 11.7. The molecule has 0 saturated carbocycles. The van der Waals surface area contributed by atoms with Gasteiger partial charge in [0, 0.05) is 27.6 Å². The summed E-state index contributed by atoms with van der Waals surface area (Å²) in [6.07, 6.45) is 0. The lowest BCUT2D eigenvalue weighted by Crippen LogP contribution is -2.00. The first-order valence-electron chi connectivity index (χ1n) is 17.1. The van der Waals surface area contributed by atoms with Crippen molar-refractivity contribution in [3.8, 4) is 79.0 Å². The van der Waals surface area contributed by atoms with Gasteiger partial charge in [-0.15, -0.1) is 0 Å². The molecule has 0 amide bonds. The van der Waals surface area contributed by atoms with E-state index < -0.39 is 0 Å². The van der Waals surface area contributed by atoms with Crippen molar-refractivity contribution in [1.82, 2.24) is 15.0 Å². The predicted octanol–water partition coefficient (Wildman–Crippen LogP) is 12.3. The maximum Gasteiger partial charge on any atom is 0.164 e. The topological polar surface area (TPSA) is 47.9 Å². The smallest absolute Gasteiger partial charge is 0.164 e. The average molecular weight is 652 g/mol. The molecule has 4 heteroatoms. The summed E-state index contributed by atoms with van der Waals surface area (Å²) in [7, 11) is 0. The standard InChI is InChI=1S/C47H29N3O/c1-3-12-32(13-4-1)45-48-46(33-14-5-2-6-15-33)50-47(49-45)39-27-37(35-22-21-30-11-7-8-16-34(30)25-35)26-38(28-39)36-23-24-40-41-19-9-17-31-18-10-20-42(44(31)41)51-43(40)29-36/h1-29H. The Balaban J connectivity index is 1.18. The molecule has 0 bridgehead atoms. The highest BCUT2D eigenvalue weighted by atomic mass is 16.5. The van der Waals surface area contributed by atoms with Crippen LogP contribution in [0.4, 0.5) is 0 Å². The molecule has 1 aliphatic rings. The fraction of sp³-hybridized carbons (Fsp3) is 0. The molecule has 0 spiro atoms. The second-order valence-electron chi connectivity index (χ2n) is 12.9. The van der Waals surface area contributed by atoms with Crippen LogP contribution in [0.25, 0.3) is 89.1 Å². The van der Waals surface area contributed by atoms with Gasteiger partial charge < -0.3 is 4.74 Å². The summed E-state index contributed by atoms with van der Waals surface area (Å²) in [4.78, 5) is 15.1. The van der Waals surface area contributed by atoms with Gasteiger partial charge in [0.2, 0.25) is 0 Å². The van der Waals surface area contributed by atoms with Gasteiger partial charge in [-0.05, 0) is 86.4 Å². The zero-order valence-corrected chi connectivity index (χ0v) is 27.5. The number of hydrogen-bond acceptors (Lipinski definition) is 4. The lowest BCUT2D eigenvalue weighted by molar-refractivity contribution is 0.487. The van der Waals surface area contributed by atoms with Crippen molar-refractivity contribution >= 4 is 21.5 Å². The van der Waals surface area contributed by atoms with Gasteiger partial charge in [-0.2, -0.15) is 0 Å². The number of hydrogen-bond donors (Lipinski definition) is 0. The van der Waals surface area contributed by atoms with Gasteiger partial charge in [-0.3, -0.25) is 0 Å². The van der Waals surface area contributed by atoms with Crippen LogP contribution in [0.2, 0.25) is 0 Å². The first-order chi connectivity index (χ1) is 25.2. The number of nitrogens with zero attached hydrogens (tertiary/aromatic N) is 3. The number of fused-ring (bicyclic) bond motifs is 3. The Morgan fingerprint density at radius 3 is 1.55 bits per heavy atom. The molecule has 1 aliphatic heterocycles. The van der Waals surface area contributed by atoms with E-state index in [0.29, 0.717) is 17.5 Å². The van der Waals surface area contributed by atoms with Crippen molar-refractivity contribution in [1.29, 1.82) is 0 Å². The molecule has 9 aromatic rings. The Bertz CT molecular complexity index is 2710. The van der Waals surface area contributed by atoms with Crippen LogP contribution < -0.4 is 4.74 Å². The minimum absolute atomic E-state index is 0.612. The van der Waals surface area contributed by atoms with Crippen LogP contribution in [0, 0.1) is 0 Å². The van der Waals surface area contributed by atoms with Crippen molar-refractivity contribution in [3.05, 3.63) is 176 Å². The Kier molecular flexibility index (Phi) is 6.78. The van der Waals surface area contributed by atoms with E-state index in [0.717, 1.165) is 61.4 Å². The Morgan fingerprint density at radius 2 is 0.843 bits per heavy atom. The van der Waals surface area contributed by atoms with E-state index >= 15 is 0 Å². The average Bonchev–Trinajstić information content (AvgIpc) is 3.21. The van der Waals surface area contributed by atoms with Gasteiger partial charge in [-0.1, -0.05) is 133 Å². The van der Waals surface area contributed by atoms with Crippen LogP contribution in [0.3, 0.4) is 0 Å². The maximum absolute atomic E-state index is 6.59. The van der Waals surface area contributed by atoms with Crippen molar-refractivity contribution in [3.63, 3.8) is 0 Å². The van der Waals surface area contributed by atoms with Crippen molar-refractivity contribution in [2.45, 2.75) is 0 Å². The van der Waals surface area contributed by atoms with Crippen LogP contribution >= 0.6 is 0 Å². The summed E-state index contributed by atoms with van der Waals surface area (Å²) in [6.45, 7) is 0. The van der Waals surface area contributed by atoms with Crippen molar-refractivity contribution in [2.24, 2.45) is 0 Å². The van der Waals surface area contributed by atoms with E-state index in [-0.39, 0.29) is 0 Å². The summed E-state index contributed by atoms with van der Waals surface area (Å²) >= 11 is 0. The molecule has 0 atom stereocenters. The molecular formula is C47H29N3O. The zero-order chi connectivity index (χ0) is 33.7. The molecule has 1 aromatic heterocycles. The number of rotatable bonds is 5. The van der Waals surface area contributed by atoms with Gasteiger partial charge in [0.05, 0.1) is 0 Å². The molecule has 0 aliphatic carbocycles. The number of ether oxygens (including phenoxy) is 1. The fourth-order valence-corrected chi connectivity index (χ4v) is 7.14. The highest BCUT2D eigenvalue weighted by molar-refractivity contribution is 6.04. The highest BCUT2D eigenvalue weighted by Crippen LogP contribution is 2.48. The maximum atomic E-state index is 6.59. The SMILES string of the molecule is c1ccc(-c2nc(-c3ccccc3)nc(-c3cc(-c4ccc5c(c4)Oc4cccc6cccc-5c46)cc(-c4ccc5ccccc5c4)c3)n2)cc1. The Labute approximate surface area is 295 Å². The summed E-state index contributed by atoms with van der Waals surface area (Å²) < 4.78 is 6.59. The quantitative estimate of drug-likeness (QED) is 0.186. The summed E-state index contributed by atoms with van der Waals surface area (Å²) in [6, 6.07) is 61.1. The molecule has 0 radical (unpaired) electrons. The molecule has 10 rings (SSSR count). The zero-order valence-electron chi connectivity index (χ0n) is 27.5. The molecule has 51 heavy (non-hydrogen) atoms. The van der Waals surface area contributed by atoms with Crippen LogP contribution in [0.1, 0.15) is 0 Å². The number of aromatic nitrogens is 3. The fourth-order valence-electron chi connectivity index (χ4n) is 7.14. The largest absolute Gasteiger partial charge is 0.456 e. The number of benzene rings is 8. The minimum Gasteiger partial charge on any atom is -0.456 e. The third-order valence-electron chi connectivity index (χ3n) is 9.66. The van der Waals surface area contributed by atoms with Crippen molar-refractivity contribution < 1.29 is 4.74 Å². The van der Waals surface area contributed by atoms with Gasteiger partial charge in [0.25, 0.3) is 0 Å². The summed E-state index contributed by atoms with van der Waals surface area (Å²) in [5.41, 5.74) is 9.34. The summed E-state index contributed by atoms with van der Waals surface area (Å²) in [5.74, 6) is 3.60. The second-order valence-corrected chi connectivity index (χ2v) is 12.9. The Hall–Kier alpha value is -6.91. The molecule has 2 heterocycles. The monoisotopic (exact) mass is 651 g/mol. The first kappa shape index (κ1) is 29.0. The molecule has 0 N–H and O–H groups in total. The van der Waals surface area contributed by atoms with Gasteiger partial charge >= 0.3 is 0 Å². The Morgan fingerprint density at radius 1 is 0.294 bits per heavy atom. The minimum atomic E-state index is 0.612. The van der Waals surface area contributed by atoms with Crippen molar-refractivity contribution in [2.75, 3.05) is 0 Å². The van der Waals surface area contributed by atoms with Gasteiger partial charge in [0.1, 0.15) is 11.5 Å². The van der Waals surface area contributed by atoms with Gasteiger partial charge in [0.15, 0.2) is 17.5 Å². The second kappa shape index (κ2) is 11.9. The molecule has 0 fully saturated rings. The predicted molar refractivity (Wildman–Crippen MR) is 208 cm³/mol. The van der Waals surface area contributed by atoms with Crippen LogP contribution in [-0.4, -0.2) is 15.0 Å². The highest BCUT2D eigenvalue weighted by Gasteiger charge is 2.21. The van der Waals surface area contributed by atoms with Gasteiger partial charge in [-0.25, -0.2) is 15.0 Å². The van der Waals surface area contributed by atoms with E-state index in [9.17, 15) is 0 Å². The van der Waals surface area contributed by atoms with Crippen LogP contribution in [-0.2, 0) is 0 Å². The molecule has 8 aromatic carbocycles. The molecule has 0 unspecified atom stereocenters. The lowest BCUT2D eigenvalue weighted by Gasteiger charge is -2.22. The first-order valence-corrected chi connectivity index (χ1v) is 17.1. The molecular weight excluding hydrogens is 623 g/mol. The summed E-state index contributed by atoms with van der Waals surface area (Å²) in [5, 5.41) is 4.72.